The Morgan fingerprint density at radius 3 is 2.17 bits per heavy atom. The molecule has 0 aromatic rings. The van der Waals surface area contributed by atoms with Gasteiger partial charge in [-0.3, -0.25) is 0 Å². The van der Waals surface area contributed by atoms with Gasteiger partial charge in [0.05, 0.1) is 0 Å². The Hall–Kier alpha value is -0.0400. The van der Waals surface area contributed by atoms with Gasteiger partial charge in [-0.05, 0) is 43.9 Å². The largest absolute Gasteiger partial charge is 0.311 e. The summed E-state index contributed by atoms with van der Waals surface area (Å²) in [6, 6.07) is 1.84. The Morgan fingerprint density at radius 2 is 1.58 bits per heavy atom. The minimum Gasteiger partial charge on any atom is -0.311 e. The number of nitrogens with one attached hydrogen (secondary N) is 1. The maximum atomic E-state index is 3.74. The highest BCUT2D eigenvalue weighted by molar-refractivity contribution is 5.02. The van der Waals surface area contributed by atoms with E-state index in [-0.39, 0.29) is 0 Å². The van der Waals surface area contributed by atoms with Crippen LogP contribution in [-0.4, -0.2) is 12.1 Å². The molecule has 0 atom stereocenters. The van der Waals surface area contributed by atoms with Gasteiger partial charge in [0.25, 0.3) is 0 Å². The van der Waals surface area contributed by atoms with Crippen molar-refractivity contribution in [1.29, 1.82) is 0 Å². The number of rotatable bonds is 2. The molecule has 0 amide bonds. The minimum atomic E-state index is 0.840. The van der Waals surface area contributed by atoms with Crippen LogP contribution in [0.2, 0.25) is 0 Å². The standard InChI is InChI=1S/C11H19N/c1-2-6-11(5-1)7-10(8-11)12-9-3-4-9/h9-10,12H,1-8H2. The fraction of sp³-hybridized carbons (Fsp3) is 1.00. The summed E-state index contributed by atoms with van der Waals surface area (Å²) < 4.78 is 0. The molecule has 3 saturated carbocycles. The number of hydrogen-bond donors (Lipinski definition) is 1. The van der Waals surface area contributed by atoms with Crippen LogP contribution in [0.1, 0.15) is 51.4 Å². The molecule has 0 bridgehead atoms. The van der Waals surface area contributed by atoms with Gasteiger partial charge in [-0.15, -0.1) is 0 Å². The van der Waals surface area contributed by atoms with E-state index >= 15 is 0 Å². The minimum absolute atomic E-state index is 0.840. The fourth-order valence-corrected chi connectivity index (χ4v) is 3.22. The topological polar surface area (TPSA) is 12.0 Å². The first kappa shape index (κ1) is 7.37. The van der Waals surface area contributed by atoms with Crippen molar-refractivity contribution in [2.75, 3.05) is 0 Å². The summed E-state index contributed by atoms with van der Waals surface area (Å²) >= 11 is 0. The van der Waals surface area contributed by atoms with Crippen LogP contribution in [-0.2, 0) is 0 Å². The maximum Gasteiger partial charge on any atom is 0.00802 e. The first-order chi connectivity index (χ1) is 5.86. The molecule has 3 aliphatic rings. The van der Waals surface area contributed by atoms with Crippen molar-refractivity contribution in [3.8, 4) is 0 Å². The van der Waals surface area contributed by atoms with Crippen molar-refractivity contribution >= 4 is 0 Å². The van der Waals surface area contributed by atoms with Crippen LogP contribution in [0.15, 0.2) is 0 Å². The maximum absolute atomic E-state index is 3.74. The van der Waals surface area contributed by atoms with Crippen molar-refractivity contribution < 1.29 is 0 Å². The van der Waals surface area contributed by atoms with Crippen molar-refractivity contribution in [3.05, 3.63) is 0 Å². The van der Waals surface area contributed by atoms with Crippen LogP contribution in [0.5, 0.6) is 0 Å². The SMILES string of the molecule is C1CCC2(C1)CC(NC1CC1)C2. The lowest BCUT2D eigenvalue weighted by molar-refractivity contribution is 0.0889. The summed E-state index contributed by atoms with van der Waals surface area (Å²) in [5, 5.41) is 3.74. The van der Waals surface area contributed by atoms with E-state index in [1.54, 1.807) is 0 Å². The lowest BCUT2D eigenvalue weighted by Gasteiger charge is -2.46. The predicted molar refractivity (Wildman–Crippen MR) is 50.1 cm³/mol. The Balaban J connectivity index is 1.49. The van der Waals surface area contributed by atoms with E-state index in [9.17, 15) is 0 Å². The van der Waals surface area contributed by atoms with Crippen molar-refractivity contribution in [2.45, 2.75) is 63.5 Å². The smallest absolute Gasteiger partial charge is 0.00802 e. The lowest BCUT2D eigenvalue weighted by Crippen LogP contribution is -2.48. The third-order valence-corrected chi connectivity index (χ3v) is 4.07. The molecular weight excluding hydrogens is 146 g/mol. The van der Waals surface area contributed by atoms with E-state index in [0.29, 0.717) is 0 Å². The quantitative estimate of drug-likeness (QED) is 0.662. The van der Waals surface area contributed by atoms with E-state index in [4.69, 9.17) is 0 Å². The molecule has 0 saturated heterocycles. The van der Waals surface area contributed by atoms with Gasteiger partial charge in [-0.25, -0.2) is 0 Å². The molecule has 12 heavy (non-hydrogen) atoms. The average molecular weight is 165 g/mol. The molecule has 3 aliphatic carbocycles. The van der Waals surface area contributed by atoms with E-state index in [1.165, 1.54) is 51.4 Å². The first-order valence-electron chi connectivity index (χ1n) is 5.62. The van der Waals surface area contributed by atoms with E-state index < -0.39 is 0 Å². The first-order valence-corrected chi connectivity index (χ1v) is 5.62. The Labute approximate surface area is 74.9 Å². The zero-order valence-electron chi connectivity index (χ0n) is 7.81. The van der Waals surface area contributed by atoms with Crippen LogP contribution in [0.4, 0.5) is 0 Å². The van der Waals surface area contributed by atoms with E-state index in [1.807, 2.05) is 0 Å². The molecule has 1 heteroatoms. The summed E-state index contributed by atoms with van der Waals surface area (Å²) in [5.74, 6) is 0. The third-order valence-electron chi connectivity index (χ3n) is 4.07. The predicted octanol–water partition coefficient (Wildman–Crippen LogP) is 2.46. The van der Waals surface area contributed by atoms with Gasteiger partial charge in [0.2, 0.25) is 0 Å². The van der Waals surface area contributed by atoms with Gasteiger partial charge in [0.1, 0.15) is 0 Å². The second-order valence-corrected chi connectivity index (χ2v) is 5.25. The molecule has 68 valence electrons. The van der Waals surface area contributed by atoms with Gasteiger partial charge in [-0.2, -0.15) is 0 Å². The molecule has 0 unspecified atom stereocenters. The van der Waals surface area contributed by atoms with Gasteiger partial charge >= 0.3 is 0 Å². The second-order valence-electron chi connectivity index (χ2n) is 5.25. The van der Waals surface area contributed by atoms with Gasteiger partial charge in [-0.1, -0.05) is 12.8 Å². The van der Waals surface area contributed by atoms with Gasteiger partial charge in [0, 0.05) is 12.1 Å². The van der Waals surface area contributed by atoms with E-state index in [2.05, 4.69) is 5.32 Å². The van der Waals surface area contributed by atoms with Crippen LogP contribution in [0.25, 0.3) is 0 Å². The van der Waals surface area contributed by atoms with Crippen LogP contribution < -0.4 is 5.32 Å². The van der Waals surface area contributed by atoms with Crippen LogP contribution >= 0.6 is 0 Å². The molecule has 0 aromatic heterocycles. The highest BCUT2D eigenvalue weighted by Crippen LogP contribution is 2.53. The number of hydrogen-bond acceptors (Lipinski definition) is 1. The second kappa shape index (κ2) is 2.47. The third kappa shape index (κ3) is 1.19. The zero-order chi connectivity index (χ0) is 8.02. The highest BCUT2D eigenvalue weighted by Gasteiger charge is 2.46. The lowest BCUT2D eigenvalue weighted by atomic mass is 9.64. The summed E-state index contributed by atoms with van der Waals surface area (Å²) in [4.78, 5) is 0. The molecular formula is C11H19N. The molecule has 0 radical (unpaired) electrons. The molecule has 0 aliphatic heterocycles. The zero-order valence-corrected chi connectivity index (χ0v) is 7.81. The summed E-state index contributed by atoms with van der Waals surface area (Å²) in [6.07, 6.45) is 12.0. The Bertz CT molecular complexity index is 169. The normalized spacial score (nSPS) is 34.0. The van der Waals surface area contributed by atoms with Crippen molar-refractivity contribution in [2.24, 2.45) is 5.41 Å². The molecule has 1 N–H and O–H groups in total. The molecule has 3 rings (SSSR count). The van der Waals surface area contributed by atoms with Crippen molar-refractivity contribution in [1.82, 2.24) is 5.32 Å². The molecule has 0 heterocycles. The molecule has 3 fully saturated rings. The summed E-state index contributed by atoms with van der Waals surface area (Å²) in [7, 11) is 0. The van der Waals surface area contributed by atoms with Crippen molar-refractivity contribution in [3.63, 3.8) is 0 Å². The van der Waals surface area contributed by atoms with Crippen LogP contribution in [0.3, 0.4) is 0 Å². The highest BCUT2D eigenvalue weighted by atomic mass is 15.0. The van der Waals surface area contributed by atoms with Gasteiger partial charge in [0.15, 0.2) is 0 Å². The Morgan fingerprint density at radius 1 is 0.917 bits per heavy atom. The Kier molecular flexibility index (Phi) is 1.52. The van der Waals surface area contributed by atoms with E-state index in [0.717, 1.165) is 17.5 Å². The van der Waals surface area contributed by atoms with Crippen LogP contribution in [0, 0.1) is 5.41 Å². The molecule has 1 spiro atoms. The summed E-state index contributed by atoms with van der Waals surface area (Å²) in [5.41, 5.74) is 0.840. The fourth-order valence-electron chi connectivity index (χ4n) is 3.22. The molecule has 0 aromatic carbocycles. The monoisotopic (exact) mass is 165 g/mol. The average Bonchev–Trinajstić information content (AvgIpc) is 2.64. The van der Waals surface area contributed by atoms with Gasteiger partial charge < -0.3 is 5.32 Å². The summed E-state index contributed by atoms with van der Waals surface area (Å²) in [6.45, 7) is 0. The molecule has 1 nitrogen and oxygen atoms in total.